The molecule has 14 heteroatoms. The van der Waals surface area contributed by atoms with Crippen LogP contribution < -0.4 is 11.1 Å². The van der Waals surface area contributed by atoms with E-state index in [1.165, 1.54) is 137 Å². The number of halogens is 4. The molecule has 0 radical (unpaired) electrons. The van der Waals surface area contributed by atoms with E-state index in [4.69, 9.17) is 36.4 Å². The molecular weight excluding hydrogens is 1290 g/mol. The number of benzene rings is 2. The average molecular weight is 1420 g/mol. The lowest BCUT2D eigenvalue weighted by Crippen LogP contribution is -2.68. The van der Waals surface area contributed by atoms with Gasteiger partial charge < -0.3 is 25.6 Å². The second kappa shape index (κ2) is 30.4. The predicted octanol–water partition coefficient (Wildman–Crippen LogP) is 19.4. The summed E-state index contributed by atoms with van der Waals surface area (Å²) in [5.41, 5.74) is 16.8. The Kier molecular flexibility index (Phi) is 24.5. The third-order valence-corrected chi connectivity index (χ3v) is 32.0. The Bertz CT molecular complexity index is 3390. The van der Waals surface area contributed by atoms with E-state index < -0.39 is 11.8 Å². The number of aryl methyl sites for hydroxylation is 1. The molecule has 12 aliphatic rings. The number of carbonyl (C=O) groups is 1. The maximum absolute atomic E-state index is 14.9. The summed E-state index contributed by atoms with van der Waals surface area (Å²) < 4.78 is 40.3. The lowest BCUT2D eigenvalue weighted by atomic mass is 9.33. The molecule has 2 heterocycles. The monoisotopic (exact) mass is 1420 g/mol. The van der Waals surface area contributed by atoms with E-state index in [1.807, 2.05) is 19.1 Å². The van der Waals surface area contributed by atoms with Crippen LogP contribution in [0.1, 0.15) is 233 Å². The van der Waals surface area contributed by atoms with Gasteiger partial charge in [0.15, 0.2) is 0 Å². The van der Waals surface area contributed by atoms with Gasteiger partial charge >= 0.3 is 12.1 Å². The third kappa shape index (κ3) is 13.6. The first kappa shape index (κ1) is 80.5. The molecule has 2 aromatic carbocycles. The van der Waals surface area contributed by atoms with Crippen molar-refractivity contribution in [2.24, 2.45) is 108 Å². The Labute approximate surface area is 613 Å². The van der Waals surface area contributed by atoms with Crippen LogP contribution in [0.3, 0.4) is 0 Å². The van der Waals surface area contributed by atoms with E-state index in [2.05, 4.69) is 130 Å². The third-order valence-electron chi connectivity index (χ3n) is 31.9. The minimum absolute atomic E-state index is 0. The molecule has 8 saturated carbocycles. The van der Waals surface area contributed by atoms with Crippen molar-refractivity contribution in [3.8, 4) is 0 Å². The van der Waals surface area contributed by atoms with Crippen molar-refractivity contribution < 1.29 is 37.7 Å². The van der Waals surface area contributed by atoms with E-state index in [-0.39, 0.29) is 80.9 Å². The molecule has 14 rings (SSSR count). The van der Waals surface area contributed by atoms with Crippen LogP contribution in [0, 0.1) is 121 Å². The number of carboxylic acid groups (broad SMARTS) is 1. The number of carbonyl (C=O) groups excluding carboxylic acids is 2. The molecule has 4 N–H and O–H groups in total. The molecule has 558 valence electrons. The van der Waals surface area contributed by atoms with E-state index in [0.717, 1.165) is 114 Å². The molecular formula is C86H130Cl2F2N4O6. The Hall–Kier alpha value is -3.55. The van der Waals surface area contributed by atoms with Crippen LogP contribution in [0.15, 0.2) is 72.9 Å². The average Bonchev–Trinajstić information content (AvgIpc) is 1.05. The van der Waals surface area contributed by atoms with Crippen LogP contribution >= 0.6 is 24.0 Å². The number of allylic oxidation sites excluding steroid dienone is 6. The molecule has 0 spiro atoms. The summed E-state index contributed by atoms with van der Waals surface area (Å²) in [5, 5.41) is 13.7. The van der Waals surface area contributed by atoms with Crippen LogP contribution in [-0.2, 0) is 19.1 Å². The van der Waals surface area contributed by atoms with E-state index in [0.29, 0.717) is 64.1 Å². The van der Waals surface area contributed by atoms with Crippen molar-refractivity contribution >= 4 is 47.3 Å². The number of nitrogens with two attached hydrogens (primary N) is 1. The number of carboxylic acids is 1. The summed E-state index contributed by atoms with van der Waals surface area (Å²) in [7, 11) is 0. The van der Waals surface area contributed by atoms with E-state index in [9.17, 15) is 18.7 Å². The summed E-state index contributed by atoms with van der Waals surface area (Å²) in [6.07, 6.45) is 27.6. The van der Waals surface area contributed by atoms with Crippen molar-refractivity contribution in [1.82, 2.24) is 15.1 Å². The molecule has 0 aromatic heterocycles. The van der Waals surface area contributed by atoms with Crippen molar-refractivity contribution in [3.63, 3.8) is 0 Å². The van der Waals surface area contributed by atoms with Crippen molar-refractivity contribution in [3.05, 3.63) is 107 Å². The van der Waals surface area contributed by atoms with Gasteiger partial charge in [0.1, 0.15) is 11.6 Å². The first-order chi connectivity index (χ1) is 46.2. The Morgan fingerprint density at radius 2 is 1.06 bits per heavy atom. The second-order valence-corrected chi connectivity index (χ2v) is 36.8. The summed E-state index contributed by atoms with van der Waals surface area (Å²) in [6.45, 7) is 52.0. The van der Waals surface area contributed by atoms with Gasteiger partial charge in [-0.2, -0.15) is 9.59 Å². The van der Waals surface area contributed by atoms with Gasteiger partial charge in [-0.1, -0.05) is 131 Å². The standard InChI is InChI=1S/C42H61FN2O3.C36H52FN.C6H12ClNO.CO2.CH4.ClH/c1-27(2)29-12-17-42(44-20-21-45-22-24-48-25-23-45)19-18-40(6)32(36(29)42)10-11-35-39(5)15-13-31(28-8-9-30(37(46)47)33(43)26-28)38(3,4)34(39)14-16-41(35,40)7;1-22(2)25-13-18-36(38)20-19-34(7)27(31(25)36)11-12-30-33(6)16-14-26(24-10-9-23(3)28(37)21-24)32(4,5)29(33)15-17-35(30,34)8;7-1-2-8-3-5-9-6-4-8;2-1-3;;/h8-9,13,26,29,32,34-36,44H,1,10-12,14-25H2,2-7H3,(H,46,47);9-10,14,21,25,27,29-31H,1,11-13,15-20,38H2,2-8H3;1-6H2;;1H4;1H/t29-,32+,34-,35+,36+,39-,40+,41+,42-;25-,27+,29-,30+,31+,33-,34+,35+,36-;;;;/m00..../s1. The van der Waals surface area contributed by atoms with Crippen molar-refractivity contribution in [1.29, 1.82) is 0 Å². The molecule has 2 aliphatic heterocycles. The highest BCUT2D eigenvalue weighted by Gasteiger charge is 2.72. The molecule has 10 aliphatic carbocycles. The van der Waals surface area contributed by atoms with Crippen LogP contribution in [0.2, 0.25) is 0 Å². The minimum Gasteiger partial charge on any atom is -0.478 e. The summed E-state index contributed by atoms with van der Waals surface area (Å²) in [4.78, 5) is 32.7. The first-order valence-electron chi connectivity index (χ1n) is 38.4. The van der Waals surface area contributed by atoms with Crippen molar-refractivity contribution in [2.75, 3.05) is 78.1 Å². The number of hydrogen-bond acceptors (Lipinski definition) is 9. The van der Waals surface area contributed by atoms with Gasteiger partial charge in [0.25, 0.3) is 0 Å². The summed E-state index contributed by atoms with van der Waals surface area (Å²) >= 11 is 5.55. The summed E-state index contributed by atoms with van der Waals surface area (Å²) in [5.74, 6) is 5.14. The topological polar surface area (TPSA) is 134 Å². The number of morpholine rings is 2. The van der Waals surface area contributed by atoms with Crippen LogP contribution in [0.5, 0.6) is 0 Å². The SMILES string of the molecule is C.C=C(C)[C@@H]1CC[C@]2(N)CC[C@]3(C)[C@H](CC[C@@H]4[C@@]5(C)CC=C(c6ccc(C)c(F)c6)C(C)(C)[C@@H]5CC[C@]43C)[C@@H]12.C=C(C)[C@@H]1CC[C@]2(NCCN3CCOCC3)CC[C@]3(C)[C@H](CC[C@@H]4[C@@]5(C)CC=C(c6ccc(C(=O)O)c(F)c6)C(C)(C)[C@@H]5CC[C@]43C)[C@@H]12.Cl.ClCCN1CCOCC1.O=C=O. The highest BCUT2D eigenvalue weighted by molar-refractivity contribution is 6.18. The zero-order valence-electron chi connectivity index (χ0n) is 63.0. The second-order valence-electron chi connectivity index (χ2n) is 36.4. The Balaban J connectivity index is 0.000000200. The van der Waals surface area contributed by atoms with Crippen LogP contribution in [0.4, 0.5) is 8.78 Å². The lowest BCUT2D eigenvalue weighted by molar-refractivity contribution is -0.219. The molecule has 10 fully saturated rings. The number of nitrogens with one attached hydrogen (secondary N) is 1. The van der Waals surface area contributed by atoms with Crippen LogP contribution in [0.25, 0.3) is 11.1 Å². The lowest BCUT2D eigenvalue weighted by Gasteiger charge is -2.72. The molecule has 0 bridgehead atoms. The quantitative estimate of drug-likeness (QED) is 0.147. The number of aromatic carboxylic acids is 1. The number of alkyl halides is 1. The zero-order valence-corrected chi connectivity index (χ0v) is 64.6. The van der Waals surface area contributed by atoms with Crippen LogP contribution in [-0.4, -0.2) is 116 Å². The van der Waals surface area contributed by atoms with Gasteiger partial charge in [0, 0.05) is 62.8 Å². The zero-order chi connectivity index (χ0) is 71.0. The molecule has 100 heavy (non-hydrogen) atoms. The largest absolute Gasteiger partial charge is 0.478 e. The Morgan fingerprint density at radius 3 is 1.53 bits per heavy atom. The van der Waals surface area contributed by atoms with Gasteiger partial charge in [-0.3, -0.25) is 9.80 Å². The molecule has 0 amide bonds. The minimum atomic E-state index is -1.21. The van der Waals surface area contributed by atoms with Gasteiger partial charge in [0.2, 0.25) is 0 Å². The van der Waals surface area contributed by atoms with Crippen molar-refractivity contribution in [2.45, 2.75) is 224 Å². The number of fused-ring (bicyclic) bond motifs is 14. The molecule has 2 saturated heterocycles. The van der Waals surface area contributed by atoms with Gasteiger partial charge in [-0.15, -0.1) is 24.0 Å². The highest BCUT2D eigenvalue weighted by atomic mass is 35.5. The fourth-order valence-electron chi connectivity index (χ4n) is 26.7. The maximum atomic E-state index is 14.9. The molecule has 18 atom stereocenters. The normalized spacial score (nSPS) is 40.3. The highest BCUT2D eigenvalue weighted by Crippen LogP contribution is 2.79. The molecule has 0 unspecified atom stereocenters. The van der Waals surface area contributed by atoms with Gasteiger partial charge in [-0.05, 0) is 285 Å². The fraction of sp³-hybridized carbons (Fsp3) is 0.744. The maximum Gasteiger partial charge on any atom is 0.373 e. The number of ether oxygens (including phenoxy) is 2. The van der Waals surface area contributed by atoms with Gasteiger partial charge in [0.05, 0.1) is 32.0 Å². The summed E-state index contributed by atoms with van der Waals surface area (Å²) in [6, 6.07) is 10.6. The number of nitrogens with zero attached hydrogens (tertiary/aromatic N) is 2. The number of hydrogen-bond donors (Lipinski definition) is 3. The Morgan fingerprint density at radius 1 is 0.610 bits per heavy atom. The van der Waals surface area contributed by atoms with Gasteiger partial charge in [-0.25, -0.2) is 13.6 Å². The molecule has 2 aromatic rings. The first-order valence-corrected chi connectivity index (χ1v) is 39.0. The smallest absolute Gasteiger partial charge is 0.373 e. The van der Waals surface area contributed by atoms with E-state index in [1.54, 1.807) is 6.07 Å². The fourth-order valence-corrected chi connectivity index (χ4v) is 26.9. The number of rotatable bonds is 11. The predicted molar refractivity (Wildman–Crippen MR) is 406 cm³/mol. The van der Waals surface area contributed by atoms with E-state index >= 15 is 0 Å². The molecule has 10 nitrogen and oxygen atoms in total.